The number of nitrogens with one attached hydrogen (secondary N) is 1. The zero-order chi connectivity index (χ0) is 14.4. The molecule has 0 radical (unpaired) electrons. The molecule has 0 spiro atoms. The molecule has 2 N–H and O–H groups in total. The fourth-order valence-corrected chi connectivity index (χ4v) is 2.27. The van der Waals surface area contributed by atoms with Gasteiger partial charge < -0.3 is 15.2 Å². The molecule has 0 fully saturated rings. The molecular weight excluding hydrogens is 320 g/mol. The van der Waals surface area contributed by atoms with Crippen LogP contribution >= 0.6 is 15.9 Å². The standard InChI is InChI=1S/C15H17BrN2O2/c1-20-15-7-11(5-6-18-15)9-17-10-14(19)12-3-2-4-13(16)8-12/h2-8,14,17,19H,9-10H2,1H3. The molecule has 1 atom stereocenters. The zero-order valence-corrected chi connectivity index (χ0v) is 12.8. The van der Waals surface area contributed by atoms with Gasteiger partial charge >= 0.3 is 0 Å². The fraction of sp³-hybridized carbons (Fsp3) is 0.267. The lowest BCUT2D eigenvalue weighted by molar-refractivity contribution is 0.174. The number of pyridine rings is 1. The number of methoxy groups -OCH3 is 1. The summed E-state index contributed by atoms with van der Waals surface area (Å²) in [5.41, 5.74) is 1.96. The average Bonchev–Trinajstić information content (AvgIpc) is 2.47. The van der Waals surface area contributed by atoms with Gasteiger partial charge in [-0.05, 0) is 29.3 Å². The predicted molar refractivity (Wildman–Crippen MR) is 81.6 cm³/mol. The Morgan fingerprint density at radius 1 is 1.35 bits per heavy atom. The van der Waals surface area contributed by atoms with E-state index in [2.05, 4.69) is 26.2 Å². The van der Waals surface area contributed by atoms with E-state index in [9.17, 15) is 5.11 Å². The number of aromatic nitrogens is 1. The van der Waals surface area contributed by atoms with E-state index in [4.69, 9.17) is 4.74 Å². The first-order valence-corrected chi connectivity index (χ1v) is 7.11. The van der Waals surface area contributed by atoms with Gasteiger partial charge in [0.05, 0.1) is 13.2 Å². The largest absolute Gasteiger partial charge is 0.481 e. The Hall–Kier alpha value is -1.43. The van der Waals surface area contributed by atoms with Gasteiger partial charge in [-0.1, -0.05) is 28.1 Å². The highest BCUT2D eigenvalue weighted by Crippen LogP contribution is 2.17. The highest BCUT2D eigenvalue weighted by atomic mass is 79.9. The minimum atomic E-state index is -0.531. The van der Waals surface area contributed by atoms with Crippen LogP contribution in [-0.4, -0.2) is 23.7 Å². The summed E-state index contributed by atoms with van der Waals surface area (Å²) in [6.07, 6.45) is 1.18. The summed E-state index contributed by atoms with van der Waals surface area (Å²) in [4.78, 5) is 4.05. The monoisotopic (exact) mass is 336 g/mol. The van der Waals surface area contributed by atoms with Gasteiger partial charge in [0.15, 0.2) is 0 Å². The molecule has 0 amide bonds. The third-order valence-corrected chi connectivity index (χ3v) is 3.40. The van der Waals surface area contributed by atoms with Crippen LogP contribution in [0.15, 0.2) is 47.1 Å². The lowest BCUT2D eigenvalue weighted by Gasteiger charge is -2.12. The van der Waals surface area contributed by atoms with Gasteiger partial charge in [-0.2, -0.15) is 0 Å². The molecule has 2 rings (SSSR count). The van der Waals surface area contributed by atoms with Gasteiger partial charge in [0.1, 0.15) is 0 Å². The Morgan fingerprint density at radius 2 is 2.20 bits per heavy atom. The van der Waals surface area contributed by atoms with Crippen LogP contribution in [0.4, 0.5) is 0 Å². The minimum absolute atomic E-state index is 0.487. The molecule has 0 aliphatic carbocycles. The van der Waals surface area contributed by atoms with Crippen molar-refractivity contribution < 1.29 is 9.84 Å². The molecule has 0 bridgehead atoms. The first-order valence-electron chi connectivity index (χ1n) is 6.32. The summed E-state index contributed by atoms with van der Waals surface area (Å²) in [5.74, 6) is 0.594. The van der Waals surface area contributed by atoms with E-state index in [0.717, 1.165) is 15.6 Å². The topological polar surface area (TPSA) is 54.4 Å². The van der Waals surface area contributed by atoms with Crippen molar-refractivity contribution in [3.05, 3.63) is 58.2 Å². The maximum absolute atomic E-state index is 10.1. The van der Waals surface area contributed by atoms with Crippen LogP contribution in [0.3, 0.4) is 0 Å². The van der Waals surface area contributed by atoms with Crippen LogP contribution in [0, 0.1) is 0 Å². The first-order chi connectivity index (χ1) is 9.69. The molecule has 20 heavy (non-hydrogen) atoms. The van der Waals surface area contributed by atoms with E-state index in [1.165, 1.54) is 0 Å². The van der Waals surface area contributed by atoms with Gasteiger partial charge in [0.25, 0.3) is 0 Å². The number of nitrogens with zero attached hydrogens (tertiary/aromatic N) is 1. The molecule has 0 saturated heterocycles. The highest BCUT2D eigenvalue weighted by Gasteiger charge is 2.07. The molecule has 106 valence electrons. The van der Waals surface area contributed by atoms with Crippen LogP contribution in [0.2, 0.25) is 0 Å². The van der Waals surface area contributed by atoms with Gasteiger partial charge in [0.2, 0.25) is 5.88 Å². The fourth-order valence-electron chi connectivity index (χ4n) is 1.86. The van der Waals surface area contributed by atoms with Crippen molar-refractivity contribution in [2.24, 2.45) is 0 Å². The van der Waals surface area contributed by atoms with E-state index in [-0.39, 0.29) is 0 Å². The summed E-state index contributed by atoms with van der Waals surface area (Å²) < 4.78 is 6.04. The quantitative estimate of drug-likeness (QED) is 0.851. The second-order valence-electron chi connectivity index (χ2n) is 4.41. The molecule has 5 heteroatoms. The van der Waals surface area contributed by atoms with E-state index in [0.29, 0.717) is 19.0 Å². The SMILES string of the molecule is COc1cc(CNCC(O)c2cccc(Br)c2)ccn1. The van der Waals surface area contributed by atoms with Crippen LogP contribution in [0.5, 0.6) is 5.88 Å². The normalized spacial score (nSPS) is 12.2. The van der Waals surface area contributed by atoms with Crippen molar-refractivity contribution >= 4 is 15.9 Å². The third kappa shape index (κ3) is 4.30. The number of ether oxygens (including phenoxy) is 1. The number of aliphatic hydroxyl groups is 1. The lowest BCUT2D eigenvalue weighted by atomic mass is 10.1. The molecule has 1 heterocycles. The van der Waals surface area contributed by atoms with Gasteiger partial charge in [-0.25, -0.2) is 4.98 Å². The first kappa shape index (κ1) is 15.0. The second kappa shape index (κ2) is 7.38. The Morgan fingerprint density at radius 3 is 2.95 bits per heavy atom. The molecule has 0 saturated carbocycles. The number of aliphatic hydroxyl groups excluding tert-OH is 1. The van der Waals surface area contributed by atoms with Crippen molar-refractivity contribution in [3.8, 4) is 5.88 Å². The van der Waals surface area contributed by atoms with Crippen LogP contribution in [0.1, 0.15) is 17.2 Å². The van der Waals surface area contributed by atoms with E-state index in [1.54, 1.807) is 13.3 Å². The Balaban J connectivity index is 1.86. The van der Waals surface area contributed by atoms with Crippen molar-refractivity contribution in [3.63, 3.8) is 0 Å². The Kier molecular flexibility index (Phi) is 5.52. The maximum atomic E-state index is 10.1. The Labute approximate surface area is 126 Å². The molecule has 1 aromatic heterocycles. The van der Waals surface area contributed by atoms with Crippen molar-refractivity contribution in [2.75, 3.05) is 13.7 Å². The molecule has 0 aliphatic heterocycles. The molecule has 1 unspecified atom stereocenters. The van der Waals surface area contributed by atoms with Crippen molar-refractivity contribution in [2.45, 2.75) is 12.6 Å². The second-order valence-corrected chi connectivity index (χ2v) is 5.32. The van der Waals surface area contributed by atoms with Gasteiger partial charge in [0, 0.05) is 29.8 Å². The molecular formula is C15H17BrN2O2. The predicted octanol–water partition coefficient (Wildman–Crippen LogP) is 2.68. The lowest BCUT2D eigenvalue weighted by Crippen LogP contribution is -2.21. The summed E-state index contributed by atoms with van der Waals surface area (Å²) in [7, 11) is 1.59. The van der Waals surface area contributed by atoms with Crippen LogP contribution in [0.25, 0.3) is 0 Å². The molecule has 0 aliphatic rings. The van der Waals surface area contributed by atoms with Gasteiger partial charge in [-0.3, -0.25) is 0 Å². The van der Waals surface area contributed by atoms with Crippen molar-refractivity contribution in [1.29, 1.82) is 0 Å². The molecule has 1 aromatic carbocycles. The number of hydrogen-bond donors (Lipinski definition) is 2. The molecule has 2 aromatic rings. The smallest absolute Gasteiger partial charge is 0.213 e. The average molecular weight is 337 g/mol. The molecule has 4 nitrogen and oxygen atoms in total. The highest BCUT2D eigenvalue weighted by molar-refractivity contribution is 9.10. The third-order valence-electron chi connectivity index (χ3n) is 2.91. The summed E-state index contributed by atoms with van der Waals surface area (Å²) in [5, 5.41) is 13.3. The van der Waals surface area contributed by atoms with Crippen molar-refractivity contribution in [1.82, 2.24) is 10.3 Å². The van der Waals surface area contributed by atoms with Crippen LogP contribution in [-0.2, 0) is 6.54 Å². The van der Waals surface area contributed by atoms with E-state index in [1.807, 2.05) is 36.4 Å². The summed E-state index contributed by atoms with van der Waals surface area (Å²) in [6, 6.07) is 11.5. The maximum Gasteiger partial charge on any atom is 0.213 e. The minimum Gasteiger partial charge on any atom is -0.481 e. The number of rotatable bonds is 6. The van der Waals surface area contributed by atoms with Gasteiger partial charge in [-0.15, -0.1) is 0 Å². The zero-order valence-electron chi connectivity index (χ0n) is 11.2. The number of halogens is 1. The van der Waals surface area contributed by atoms with E-state index < -0.39 is 6.10 Å². The summed E-state index contributed by atoms with van der Waals surface area (Å²) >= 11 is 3.40. The Bertz CT molecular complexity index is 563. The van der Waals surface area contributed by atoms with E-state index >= 15 is 0 Å². The van der Waals surface area contributed by atoms with Crippen LogP contribution < -0.4 is 10.1 Å². The number of hydrogen-bond acceptors (Lipinski definition) is 4. The summed E-state index contributed by atoms with van der Waals surface area (Å²) in [6.45, 7) is 1.14. The number of benzene rings is 1.